The first-order chi connectivity index (χ1) is 9.22. The van der Waals surface area contributed by atoms with Gasteiger partial charge in [-0.3, -0.25) is 4.98 Å². The summed E-state index contributed by atoms with van der Waals surface area (Å²) in [7, 11) is 1.40. The summed E-state index contributed by atoms with van der Waals surface area (Å²) >= 11 is 2.14. The van der Waals surface area contributed by atoms with E-state index in [1.165, 1.54) is 12.7 Å². The van der Waals surface area contributed by atoms with Crippen LogP contribution in [0.2, 0.25) is 0 Å². The molecule has 98 valence electrons. The lowest BCUT2D eigenvalue weighted by atomic mass is 10.0. The summed E-state index contributed by atoms with van der Waals surface area (Å²) in [5.74, 6) is -0.319. The van der Waals surface area contributed by atoms with Crippen molar-refractivity contribution in [3.8, 4) is 0 Å². The molecule has 2 rings (SSSR count). The van der Waals surface area contributed by atoms with E-state index in [1.807, 2.05) is 24.3 Å². The highest BCUT2D eigenvalue weighted by molar-refractivity contribution is 14.1. The molecule has 0 atom stereocenters. The molecule has 0 aliphatic rings. The quantitative estimate of drug-likeness (QED) is 0.615. The van der Waals surface area contributed by atoms with E-state index in [-0.39, 0.29) is 5.97 Å². The number of methoxy groups -OCH3 is 1. The number of carbonyl (C=O) groups excluding carboxylic acids is 1. The molecular weight excluding hydrogens is 353 g/mol. The van der Waals surface area contributed by atoms with Gasteiger partial charge in [0.05, 0.1) is 18.4 Å². The number of pyridine rings is 1. The Morgan fingerprint density at radius 2 is 1.95 bits per heavy atom. The van der Waals surface area contributed by atoms with Crippen LogP contribution in [-0.2, 0) is 17.6 Å². The van der Waals surface area contributed by atoms with Crippen molar-refractivity contribution in [2.45, 2.75) is 12.8 Å². The molecule has 19 heavy (non-hydrogen) atoms. The van der Waals surface area contributed by atoms with Crippen LogP contribution in [0, 0.1) is 3.57 Å². The number of halogens is 1. The molecule has 1 aromatic carbocycles. The second-order valence-electron chi connectivity index (χ2n) is 4.09. The molecule has 0 aliphatic heterocycles. The van der Waals surface area contributed by atoms with Gasteiger partial charge in [-0.1, -0.05) is 30.3 Å². The Kier molecular flexibility index (Phi) is 4.90. The van der Waals surface area contributed by atoms with Crippen LogP contribution in [0.4, 0.5) is 0 Å². The van der Waals surface area contributed by atoms with Gasteiger partial charge in [-0.25, -0.2) is 4.79 Å². The zero-order valence-electron chi connectivity index (χ0n) is 10.6. The highest BCUT2D eigenvalue weighted by Gasteiger charge is 2.16. The Hall–Kier alpha value is -1.43. The maximum atomic E-state index is 11.8. The largest absolute Gasteiger partial charge is 0.465 e. The SMILES string of the molecule is COC(=O)c1c(I)ccnc1CCc1ccccc1. The predicted molar refractivity (Wildman–Crippen MR) is 82.1 cm³/mol. The van der Waals surface area contributed by atoms with Crippen molar-refractivity contribution in [3.63, 3.8) is 0 Å². The van der Waals surface area contributed by atoms with Crippen molar-refractivity contribution >= 4 is 28.6 Å². The molecule has 0 fully saturated rings. The van der Waals surface area contributed by atoms with Crippen LogP contribution in [0.15, 0.2) is 42.6 Å². The van der Waals surface area contributed by atoms with Crippen molar-refractivity contribution in [2.75, 3.05) is 7.11 Å². The van der Waals surface area contributed by atoms with E-state index in [4.69, 9.17) is 4.74 Å². The van der Waals surface area contributed by atoms with Gasteiger partial charge in [-0.2, -0.15) is 0 Å². The number of carbonyl (C=O) groups is 1. The summed E-state index contributed by atoms with van der Waals surface area (Å²) in [5, 5.41) is 0. The first-order valence-electron chi connectivity index (χ1n) is 5.98. The predicted octanol–water partition coefficient (Wildman–Crippen LogP) is 3.26. The molecule has 1 heterocycles. The fourth-order valence-electron chi connectivity index (χ4n) is 1.89. The molecule has 0 aliphatic carbocycles. The van der Waals surface area contributed by atoms with Crippen LogP contribution >= 0.6 is 22.6 Å². The van der Waals surface area contributed by atoms with E-state index >= 15 is 0 Å². The van der Waals surface area contributed by atoms with Crippen molar-refractivity contribution in [1.82, 2.24) is 4.98 Å². The van der Waals surface area contributed by atoms with Crippen LogP contribution in [0.5, 0.6) is 0 Å². The molecule has 0 unspecified atom stereocenters. The minimum atomic E-state index is -0.319. The summed E-state index contributed by atoms with van der Waals surface area (Å²) in [5.41, 5.74) is 2.61. The Labute approximate surface area is 126 Å². The Balaban J connectivity index is 2.21. The monoisotopic (exact) mass is 367 g/mol. The number of ether oxygens (including phenoxy) is 1. The third-order valence-corrected chi connectivity index (χ3v) is 3.76. The molecule has 0 amide bonds. The van der Waals surface area contributed by atoms with Crippen molar-refractivity contribution in [1.29, 1.82) is 0 Å². The van der Waals surface area contributed by atoms with Gasteiger partial charge in [0.2, 0.25) is 0 Å². The maximum Gasteiger partial charge on any atom is 0.340 e. The Morgan fingerprint density at radius 1 is 1.21 bits per heavy atom. The van der Waals surface area contributed by atoms with Gasteiger partial charge in [0.1, 0.15) is 0 Å². The molecule has 4 heteroatoms. The van der Waals surface area contributed by atoms with Crippen LogP contribution in [-0.4, -0.2) is 18.1 Å². The standard InChI is InChI=1S/C15H14INO2/c1-19-15(18)14-12(16)9-10-17-13(14)8-7-11-5-3-2-4-6-11/h2-6,9-10H,7-8H2,1H3. The van der Waals surface area contributed by atoms with E-state index in [2.05, 4.69) is 39.7 Å². The molecular formula is C15H14INO2. The summed E-state index contributed by atoms with van der Waals surface area (Å²) in [6.07, 6.45) is 3.32. The average molecular weight is 367 g/mol. The van der Waals surface area contributed by atoms with E-state index in [0.29, 0.717) is 5.56 Å². The first-order valence-corrected chi connectivity index (χ1v) is 7.06. The van der Waals surface area contributed by atoms with Gasteiger partial charge in [-0.05, 0) is 47.1 Å². The van der Waals surface area contributed by atoms with Crippen LogP contribution in [0.1, 0.15) is 21.6 Å². The number of esters is 1. The van der Waals surface area contributed by atoms with Crippen LogP contribution in [0.25, 0.3) is 0 Å². The molecule has 0 saturated heterocycles. The highest BCUT2D eigenvalue weighted by atomic mass is 127. The van der Waals surface area contributed by atoms with E-state index < -0.39 is 0 Å². The van der Waals surface area contributed by atoms with Gasteiger partial charge >= 0.3 is 5.97 Å². The lowest BCUT2D eigenvalue weighted by Crippen LogP contribution is -2.10. The third-order valence-electron chi connectivity index (χ3n) is 2.86. The van der Waals surface area contributed by atoms with Gasteiger partial charge in [-0.15, -0.1) is 0 Å². The van der Waals surface area contributed by atoms with Crippen molar-refractivity contribution < 1.29 is 9.53 Å². The molecule has 0 bridgehead atoms. The minimum Gasteiger partial charge on any atom is -0.465 e. The first kappa shape index (κ1) is 14.0. The van der Waals surface area contributed by atoms with Gasteiger partial charge in [0.25, 0.3) is 0 Å². The highest BCUT2D eigenvalue weighted by Crippen LogP contribution is 2.18. The summed E-state index contributed by atoms with van der Waals surface area (Å²) in [6.45, 7) is 0. The summed E-state index contributed by atoms with van der Waals surface area (Å²) in [6, 6.07) is 12.0. The topological polar surface area (TPSA) is 39.2 Å². The lowest BCUT2D eigenvalue weighted by molar-refractivity contribution is 0.0597. The zero-order chi connectivity index (χ0) is 13.7. The Bertz CT molecular complexity index is 570. The lowest BCUT2D eigenvalue weighted by Gasteiger charge is -2.08. The normalized spacial score (nSPS) is 10.2. The second-order valence-corrected chi connectivity index (χ2v) is 5.25. The third kappa shape index (κ3) is 3.53. The molecule has 0 N–H and O–H groups in total. The van der Waals surface area contributed by atoms with Gasteiger partial charge in [0.15, 0.2) is 0 Å². The molecule has 1 aromatic heterocycles. The second kappa shape index (κ2) is 6.65. The fraction of sp³-hybridized carbons (Fsp3) is 0.200. The number of aryl methyl sites for hydroxylation is 2. The molecule has 0 spiro atoms. The van der Waals surface area contributed by atoms with Crippen molar-refractivity contribution in [3.05, 3.63) is 63.0 Å². The number of aromatic nitrogens is 1. The Morgan fingerprint density at radius 3 is 2.63 bits per heavy atom. The number of benzene rings is 1. The number of hydrogen-bond donors (Lipinski definition) is 0. The zero-order valence-corrected chi connectivity index (χ0v) is 12.8. The van der Waals surface area contributed by atoms with Gasteiger partial charge in [0, 0.05) is 9.77 Å². The van der Waals surface area contributed by atoms with E-state index in [9.17, 15) is 4.79 Å². The van der Waals surface area contributed by atoms with Crippen LogP contribution in [0.3, 0.4) is 0 Å². The molecule has 2 aromatic rings. The van der Waals surface area contributed by atoms with Gasteiger partial charge < -0.3 is 4.74 Å². The molecule has 3 nitrogen and oxygen atoms in total. The van der Waals surface area contributed by atoms with Crippen LogP contribution < -0.4 is 0 Å². The van der Waals surface area contributed by atoms with E-state index in [1.54, 1.807) is 6.20 Å². The van der Waals surface area contributed by atoms with E-state index in [0.717, 1.165) is 22.1 Å². The summed E-state index contributed by atoms with van der Waals surface area (Å²) in [4.78, 5) is 16.1. The maximum absolute atomic E-state index is 11.8. The average Bonchev–Trinajstić information content (AvgIpc) is 2.45. The molecule has 0 radical (unpaired) electrons. The number of hydrogen-bond acceptors (Lipinski definition) is 3. The fourth-order valence-corrected chi connectivity index (χ4v) is 2.59. The molecule has 0 saturated carbocycles. The minimum absolute atomic E-state index is 0.319. The number of rotatable bonds is 4. The number of nitrogens with zero attached hydrogens (tertiary/aromatic N) is 1. The smallest absolute Gasteiger partial charge is 0.340 e. The summed E-state index contributed by atoms with van der Waals surface area (Å²) < 4.78 is 5.70. The van der Waals surface area contributed by atoms with Crippen molar-refractivity contribution in [2.24, 2.45) is 0 Å².